The second-order valence-corrected chi connectivity index (χ2v) is 6.16. The maximum atomic E-state index is 12.8. The van der Waals surface area contributed by atoms with E-state index in [4.69, 9.17) is 0 Å². The number of aromatic hydroxyl groups is 1. The van der Waals surface area contributed by atoms with Crippen LogP contribution in [0.5, 0.6) is 5.75 Å². The summed E-state index contributed by atoms with van der Waals surface area (Å²) in [6.45, 7) is 9.89. The third kappa shape index (κ3) is 4.02. The average molecular weight is 346 g/mol. The van der Waals surface area contributed by atoms with Crippen LogP contribution in [0.15, 0.2) is 29.1 Å². The van der Waals surface area contributed by atoms with Crippen LogP contribution < -0.4 is 15.8 Å². The van der Waals surface area contributed by atoms with Gasteiger partial charge in [0.2, 0.25) is 0 Å². The SMILES string of the molecule is CCCn1c(=O)c(C(=O)NCC[NH+](CC)CC)c(O)c2ccccc21. The minimum Gasteiger partial charge on any atom is -0.506 e. The van der Waals surface area contributed by atoms with E-state index in [-0.39, 0.29) is 11.3 Å². The van der Waals surface area contributed by atoms with E-state index in [1.807, 2.05) is 13.0 Å². The first-order valence-electron chi connectivity index (χ1n) is 9.01. The third-order valence-electron chi connectivity index (χ3n) is 4.58. The lowest BCUT2D eigenvalue weighted by Gasteiger charge is -2.16. The smallest absolute Gasteiger partial charge is 0.267 e. The second kappa shape index (κ2) is 8.67. The Morgan fingerprint density at radius 1 is 1.20 bits per heavy atom. The summed E-state index contributed by atoms with van der Waals surface area (Å²) in [7, 11) is 0. The number of likely N-dealkylation sites (N-methyl/N-ethyl adjacent to an activating group) is 1. The molecule has 6 heteroatoms. The Morgan fingerprint density at radius 3 is 2.52 bits per heavy atom. The van der Waals surface area contributed by atoms with E-state index in [0.29, 0.717) is 24.0 Å². The summed E-state index contributed by atoms with van der Waals surface area (Å²) in [6, 6.07) is 7.12. The Balaban J connectivity index is 2.37. The van der Waals surface area contributed by atoms with Gasteiger partial charge in [0, 0.05) is 11.9 Å². The number of fused-ring (bicyclic) bond motifs is 1. The van der Waals surface area contributed by atoms with Crippen LogP contribution in [-0.2, 0) is 6.54 Å². The zero-order valence-electron chi connectivity index (χ0n) is 15.3. The first kappa shape index (κ1) is 19.0. The molecule has 1 amide bonds. The van der Waals surface area contributed by atoms with Gasteiger partial charge in [-0.2, -0.15) is 0 Å². The molecule has 0 unspecified atom stereocenters. The number of amides is 1. The highest BCUT2D eigenvalue weighted by atomic mass is 16.3. The summed E-state index contributed by atoms with van der Waals surface area (Å²) in [4.78, 5) is 26.7. The number of hydrogen-bond acceptors (Lipinski definition) is 3. The summed E-state index contributed by atoms with van der Waals surface area (Å²) < 4.78 is 1.57. The molecule has 2 rings (SSSR count). The van der Waals surface area contributed by atoms with Crippen molar-refractivity contribution in [3.63, 3.8) is 0 Å². The molecule has 0 saturated carbocycles. The lowest BCUT2D eigenvalue weighted by atomic mass is 10.1. The molecule has 0 atom stereocenters. The number of nitrogens with one attached hydrogen (secondary N) is 2. The summed E-state index contributed by atoms with van der Waals surface area (Å²) in [5.74, 6) is -0.745. The molecule has 0 bridgehead atoms. The van der Waals surface area contributed by atoms with Gasteiger partial charge in [0.1, 0.15) is 11.3 Å². The highest BCUT2D eigenvalue weighted by Crippen LogP contribution is 2.26. The molecular weight excluding hydrogens is 318 g/mol. The van der Waals surface area contributed by atoms with Crippen LogP contribution in [0.3, 0.4) is 0 Å². The molecule has 2 aromatic rings. The predicted molar refractivity (Wildman–Crippen MR) is 99.4 cm³/mol. The zero-order chi connectivity index (χ0) is 18.4. The lowest BCUT2D eigenvalue weighted by molar-refractivity contribution is -0.895. The molecule has 1 aromatic carbocycles. The monoisotopic (exact) mass is 346 g/mol. The number of hydrogen-bond donors (Lipinski definition) is 3. The van der Waals surface area contributed by atoms with E-state index in [0.717, 1.165) is 26.1 Å². The lowest BCUT2D eigenvalue weighted by Crippen LogP contribution is -3.12. The Morgan fingerprint density at radius 2 is 1.88 bits per heavy atom. The number of carbonyl (C=O) groups excluding carboxylic acids is 1. The number of rotatable bonds is 8. The van der Waals surface area contributed by atoms with Crippen LogP contribution >= 0.6 is 0 Å². The number of aromatic nitrogens is 1. The van der Waals surface area contributed by atoms with Gasteiger partial charge in [0.05, 0.1) is 31.7 Å². The quantitative estimate of drug-likeness (QED) is 0.661. The number of quaternary nitrogens is 1. The fourth-order valence-electron chi connectivity index (χ4n) is 3.08. The van der Waals surface area contributed by atoms with Crippen LogP contribution in [0.25, 0.3) is 10.9 Å². The number of para-hydroxylation sites is 1. The van der Waals surface area contributed by atoms with Crippen LogP contribution in [0.1, 0.15) is 37.6 Å². The number of pyridine rings is 1. The third-order valence-corrected chi connectivity index (χ3v) is 4.58. The summed E-state index contributed by atoms with van der Waals surface area (Å²) in [5, 5.41) is 13.8. The standard InChI is InChI=1S/C19H27N3O3/c1-4-12-22-15-10-8-7-9-14(15)17(23)16(19(22)25)18(24)20-11-13-21(5-2)6-3/h7-10,23H,4-6,11-13H2,1-3H3,(H,20,24)/p+1. The minimum absolute atomic E-state index is 0.165. The van der Waals surface area contributed by atoms with E-state index in [2.05, 4.69) is 19.2 Å². The van der Waals surface area contributed by atoms with Gasteiger partial charge in [-0.05, 0) is 32.4 Å². The fraction of sp³-hybridized carbons (Fsp3) is 0.474. The van der Waals surface area contributed by atoms with Crippen molar-refractivity contribution in [1.29, 1.82) is 0 Å². The summed E-state index contributed by atoms with van der Waals surface area (Å²) >= 11 is 0. The van der Waals surface area contributed by atoms with Crippen molar-refractivity contribution in [3.05, 3.63) is 40.2 Å². The van der Waals surface area contributed by atoms with Crippen molar-refractivity contribution in [2.75, 3.05) is 26.2 Å². The summed E-state index contributed by atoms with van der Waals surface area (Å²) in [6.07, 6.45) is 0.765. The van der Waals surface area contributed by atoms with Gasteiger partial charge in [0.15, 0.2) is 0 Å². The maximum absolute atomic E-state index is 12.8. The first-order valence-corrected chi connectivity index (χ1v) is 9.01. The zero-order valence-corrected chi connectivity index (χ0v) is 15.3. The number of carbonyl (C=O) groups is 1. The Kier molecular flexibility index (Phi) is 6.58. The van der Waals surface area contributed by atoms with Crippen molar-refractivity contribution < 1.29 is 14.8 Å². The molecule has 3 N–H and O–H groups in total. The average Bonchev–Trinajstić information content (AvgIpc) is 2.62. The second-order valence-electron chi connectivity index (χ2n) is 6.16. The van der Waals surface area contributed by atoms with Crippen LogP contribution in [0, 0.1) is 0 Å². The van der Waals surface area contributed by atoms with E-state index < -0.39 is 11.5 Å². The van der Waals surface area contributed by atoms with E-state index in [1.54, 1.807) is 22.8 Å². The summed E-state index contributed by atoms with van der Waals surface area (Å²) in [5.41, 5.74) is 0.0448. The molecule has 0 aliphatic carbocycles. The Hall–Kier alpha value is -2.34. The predicted octanol–water partition coefficient (Wildman–Crippen LogP) is 0.772. The molecule has 1 heterocycles. The molecule has 0 fully saturated rings. The number of nitrogens with zero attached hydrogens (tertiary/aromatic N) is 1. The topological polar surface area (TPSA) is 75.8 Å². The molecule has 25 heavy (non-hydrogen) atoms. The number of benzene rings is 1. The van der Waals surface area contributed by atoms with Gasteiger partial charge in [0.25, 0.3) is 11.5 Å². The molecule has 1 aromatic heterocycles. The molecule has 6 nitrogen and oxygen atoms in total. The van der Waals surface area contributed by atoms with Gasteiger partial charge in [-0.3, -0.25) is 9.59 Å². The van der Waals surface area contributed by atoms with Gasteiger partial charge >= 0.3 is 0 Å². The van der Waals surface area contributed by atoms with Gasteiger partial charge < -0.3 is 19.9 Å². The molecular formula is C19H28N3O3+. The molecule has 0 saturated heterocycles. The van der Waals surface area contributed by atoms with Gasteiger partial charge in [-0.25, -0.2) is 0 Å². The maximum Gasteiger partial charge on any atom is 0.267 e. The van der Waals surface area contributed by atoms with Crippen LogP contribution in [0.2, 0.25) is 0 Å². The van der Waals surface area contributed by atoms with Gasteiger partial charge in [-0.1, -0.05) is 19.1 Å². The molecule has 136 valence electrons. The van der Waals surface area contributed by atoms with Crippen LogP contribution in [0.4, 0.5) is 0 Å². The van der Waals surface area contributed by atoms with Crippen molar-refractivity contribution >= 4 is 16.8 Å². The van der Waals surface area contributed by atoms with Crippen molar-refractivity contribution in [2.45, 2.75) is 33.7 Å². The van der Waals surface area contributed by atoms with Crippen molar-refractivity contribution in [3.8, 4) is 5.75 Å². The number of aryl methyl sites for hydroxylation is 1. The highest BCUT2D eigenvalue weighted by Gasteiger charge is 2.21. The Labute approximate surface area is 148 Å². The highest BCUT2D eigenvalue weighted by molar-refractivity contribution is 6.02. The normalized spacial score (nSPS) is 11.2. The van der Waals surface area contributed by atoms with E-state index in [1.165, 1.54) is 4.90 Å². The van der Waals surface area contributed by atoms with Crippen LogP contribution in [-0.4, -0.2) is 41.8 Å². The molecule has 0 spiro atoms. The largest absolute Gasteiger partial charge is 0.506 e. The molecule has 0 aliphatic heterocycles. The fourth-order valence-corrected chi connectivity index (χ4v) is 3.08. The first-order chi connectivity index (χ1) is 12.0. The van der Waals surface area contributed by atoms with E-state index in [9.17, 15) is 14.7 Å². The van der Waals surface area contributed by atoms with Gasteiger partial charge in [-0.15, -0.1) is 0 Å². The minimum atomic E-state index is -0.510. The molecule has 0 radical (unpaired) electrons. The van der Waals surface area contributed by atoms with Crippen molar-refractivity contribution in [2.24, 2.45) is 0 Å². The Bertz CT molecular complexity index is 794. The van der Waals surface area contributed by atoms with Crippen molar-refractivity contribution in [1.82, 2.24) is 9.88 Å². The van der Waals surface area contributed by atoms with E-state index >= 15 is 0 Å². The molecule has 0 aliphatic rings.